The molecule has 1 aromatic carbocycles. The smallest absolute Gasteiger partial charge is 0.309 e. The molecule has 0 aliphatic carbocycles. The van der Waals surface area contributed by atoms with Gasteiger partial charge < -0.3 is 15.4 Å². The Bertz CT molecular complexity index is 487. The molecule has 2 N–H and O–H groups in total. The fourth-order valence-corrected chi connectivity index (χ4v) is 2.18. The molecular weight excluding hydrogens is 280 g/mol. The Morgan fingerprint density at radius 2 is 2.10 bits per heavy atom. The maximum atomic E-state index is 11.6. The summed E-state index contributed by atoms with van der Waals surface area (Å²) in [6.07, 6.45) is 0.921. The van der Waals surface area contributed by atoms with Crippen LogP contribution >= 0.6 is 11.6 Å². The molecule has 1 aliphatic heterocycles. The number of ether oxygens (including phenoxy) is 1. The van der Waals surface area contributed by atoms with E-state index in [0.717, 1.165) is 18.6 Å². The zero-order chi connectivity index (χ0) is 14.4. The maximum absolute atomic E-state index is 11.6. The molecule has 5 nitrogen and oxygen atoms in total. The largest absolute Gasteiger partial charge is 0.381 e. The fraction of sp³-hybridized carbons (Fsp3) is 0.429. The summed E-state index contributed by atoms with van der Waals surface area (Å²) < 4.78 is 5.20. The first-order chi connectivity index (χ1) is 9.65. The second kappa shape index (κ2) is 7.26. The molecule has 1 fully saturated rings. The topological polar surface area (TPSA) is 67.4 Å². The van der Waals surface area contributed by atoms with Crippen molar-refractivity contribution >= 4 is 23.4 Å². The van der Waals surface area contributed by atoms with Crippen LogP contribution in [0.4, 0.5) is 0 Å². The minimum Gasteiger partial charge on any atom is -0.381 e. The zero-order valence-corrected chi connectivity index (χ0v) is 11.8. The summed E-state index contributed by atoms with van der Waals surface area (Å²) in [5.41, 5.74) is 0.850. The predicted octanol–water partition coefficient (Wildman–Crippen LogP) is 1.11. The number of benzene rings is 1. The maximum Gasteiger partial charge on any atom is 0.309 e. The fourth-order valence-electron chi connectivity index (χ4n) is 1.97. The number of carbonyl (C=O) groups excluding carboxylic acids is 2. The van der Waals surface area contributed by atoms with Crippen LogP contribution in [0.25, 0.3) is 0 Å². The minimum absolute atomic E-state index is 0.277. The highest BCUT2D eigenvalue weighted by molar-refractivity contribution is 6.35. The minimum atomic E-state index is -0.635. The third-order valence-corrected chi connectivity index (χ3v) is 3.36. The molecule has 1 aromatic rings. The molecule has 6 heteroatoms. The molecule has 0 unspecified atom stereocenters. The monoisotopic (exact) mass is 296 g/mol. The van der Waals surface area contributed by atoms with E-state index in [-0.39, 0.29) is 6.54 Å². The van der Waals surface area contributed by atoms with Crippen LogP contribution in [-0.4, -0.2) is 31.6 Å². The first kappa shape index (κ1) is 14.8. The van der Waals surface area contributed by atoms with E-state index in [1.54, 1.807) is 18.2 Å². The van der Waals surface area contributed by atoms with Crippen molar-refractivity contribution < 1.29 is 14.3 Å². The molecule has 0 radical (unpaired) electrons. The second-order valence-corrected chi connectivity index (χ2v) is 5.19. The Morgan fingerprint density at radius 3 is 2.80 bits per heavy atom. The highest BCUT2D eigenvalue weighted by atomic mass is 35.5. The van der Waals surface area contributed by atoms with Crippen molar-refractivity contribution in [3.8, 4) is 0 Å². The Hall–Kier alpha value is -1.59. The molecule has 0 saturated carbocycles. The molecule has 1 saturated heterocycles. The Balaban J connectivity index is 1.72. The van der Waals surface area contributed by atoms with E-state index in [9.17, 15) is 9.59 Å². The SMILES string of the molecule is O=C(NCc1cccc(Cl)c1)C(=O)NC[C@@H]1CCOC1. The van der Waals surface area contributed by atoms with E-state index in [1.165, 1.54) is 0 Å². The van der Waals surface area contributed by atoms with Crippen molar-refractivity contribution in [2.45, 2.75) is 13.0 Å². The van der Waals surface area contributed by atoms with Crippen LogP contribution in [0.1, 0.15) is 12.0 Å². The summed E-state index contributed by atoms with van der Waals surface area (Å²) in [7, 11) is 0. The lowest BCUT2D eigenvalue weighted by atomic mass is 10.1. The van der Waals surface area contributed by atoms with Gasteiger partial charge in [0, 0.05) is 30.6 Å². The zero-order valence-electron chi connectivity index (χ0n) is 11.0. The lowest BCUT2D eigenvalue weighted by Crippen LogP contribution is -2.41. The van der Waals surface area contributed by atoms with Gasteiger partial charge >= 0.3 is 11.8 Å². The van der Waals surface area contributed by atoms with Crippen molar-refractivity contribution in [3.05, 3.63) is 34.9 Å². The number of hydrogen-bond acceptors (Lipinski definition) is 3. The summed E-state index contributed by atoms with van der Waals surface area (Å²) in [5, 5.41) is 5.77. The van der Waals surface area contributed by atoms with Gasteiger partial charge in [-0.05, 0) is 24.1 Å². The summed E-state index contributed by atoms with van der Waals surface area (Å²) in [6, 6.07) is 7.13. The quantitative estimate of drug-likeness (QED) is 0.818. The molecule has 1 atom stereocenters. The van der Waals surface area contributed by atoms with Gasteiger partial charge in [0.15, 0.2) is 0 Å². The van der Waals surface area contributed by atoms with Gasteiger partial charge in [-0.25, -0.2) is 0 Å². The Morgan fingerprint density at radius 1 is 1.30 bits per heavy atom. The van der Waals surface area contributed by atoms with Crippen LogP contribution in [-0.2, 0) is 20.9 Å². The average Bonchev–Trinajstić information content (AvgIpc) is 2.95. The number of halogens is 1. The molecular formula is C14H17ClN2O3. The Kier molecular flexibility index (Phi) is 5.38. The molecule has 2 rings (SSSR count). The van der Waals surface area contributed by atoms with Crippen molar-refractivity contribution in [1.82, 2.24) is 10.6 Å². The van der Waals surface area contributed by atoms with Gasteiger partial charge in [-0.3, -0.25) is 9.59 Å². The van der Waals surface area contributed by atoms with E-state index in [1.807, 2.05) is 6.07 Å². The van der Waals surface area contributed by atoms with Crippen LogP contribution in [0.2, 0.25) is 5.02 Å². The van der Waals surface area contributed by atoms with Gasteiger partial charge in [-0.2, -0.15) is 0 Å². The number of rotatable bonds is 4. The summed E-state index contributed by atoms with van der Waals surface area (Å²) in [6.45, 7) is 2.12. The molecule has 1 aliphatic rings. The first-order valence-electron chi connectivity index (χ1n) is 6.53. The van der Waals surface area contributed by atoms with Crippen LogP contribution < -0.4 is 10.6 Å². The van der Waals surface area contributed by atoms with E-state index >= 15 is 0 Å². The van der Waals surface area contributed by atoms with Crippen LogP contribution in [0, 0.1) is 5.92 Å². The second-order valence-electron chi connectivity index (χ2n) is 4.75. The van der Waals surface area contributed by atoms with Gasteiger partial charge in [0.1, 0.15) is 0 Å². The predicted molar refractivity (Wildman–Crippen MR) is 75.2 cm³/mol. The molecule has 0 bridgehead atoms. The molecule has 0 aromatic heterocycles. The average molecular weight is 297 g/mol. The van der Waals surface area contributed by atoms with Crippen LogP contribution in [0.5, 0.6) is 0 Å². The molecule has 2 amide bonds. The van der Waals surface area contributed by atoms with E-state index in [0.29, 0.717) is 24.1 Å². The number of hydrogen-bond donors (Lipinski definition) is 2. The summed E-state index contributed by atoms with van der Waals surface area (Å²) in [5.74, 6) is -0.942. The summed E-state index contributed by atoms with van der Waals surface area (Å²) in [4.78, 5) is 23.2. The number of amides is 2. The summed E-state index contributed by atoms with van der Waals surface area (Å²) >= 11 is 5.84. The highest BCUT2D eigenvalue weighted by Gasteiger charge is 2.19. The number of nitrogens with one attached hydrogen (secondary N) is 2. The van der Waals surface area contributed by atoms with Crippen LogP contribution in [0.3, 0.4) is 0 Å². The molecule has 108 valence electrons. The molecule has 0 spiro atoms. The molecule has 20 heavy (non-hydrogen) atoms. The highest BCUT2D eigenvalue weighted by Crippen LogP contribution is 2.11. The van der Waals surface area contributed by atoms with Gasteiger partial charge in [0.05, 0.1) is 6.61 Å². The third kappa shape index (κ3) is 4.51. The van der Waals surface area contributed by atoms with E-state index in [2.05, 4.69) is 10.6 Å². The first-order valence-corrected chi connectivity index (χ1v) is 6.91. The Labute approximate surface area is 122 Å². The van der Waals surface area contributed by atoms with Gasteiger partial charge in [0.2, 0.25) is 0 Å². The van der Waals surface area contributed by atoms with Gasteiger partial charge in [-0.15, -0.1) is 0 Å². The standard InChI is InChI=1S/C14H17ClN2O3/c15-12-3-1-2-10(6-12)7-16-13(18)14(19)17-8-11-4-5-20-9-11/h1-3,6,11H,4-5,7-9H2,(H,16,18)(H,17,19)/t11-/m0/s1. The van der Waals surface area contributed by atoms with Crippen molar-refractivity contribution in [1.29, 1.82) is 0 Å². The lowest BCUT2D eigenvalue weighted by Gasteiger charge is -2.09. The van der Waals surface area contributed by atoms with Crippen molar-refractivity contribution in [3.63, 3.8) is 0 Å². The van der Waals surface area contributed by atoms with Crippen molar-refractivity contribution in [2.24, 2.45) is 5.92 Å². The number of carbonyl (C=O) groups is 2. The third-order valence-electron chi connectivity index (χ3n) is 3.12. The van der Waals surface area contributed by atoms with Gasteiger partial charge in [-0.1, -0.05) is 23.7 Å². The molecule has 1 heterocycles. The van der Waals surface area contributed by atoms with Crippen LogP contribution in [0.15, 0.2) is 24.3 Å². The van der Waals surface area contributed by atoms with E-state index < -0.39 is 11.8 Å². The van der Waals surface area contributed by atoms with Gasteiger partial charge in [0.25, 0.3) is 0 Å². The lowest BCUT2D eigenvalue weighted by molar-refractivity contribution is -0.139. The van der Waals surface area contributed by atoms with Crippen molar-refractivity contribution in [2.75, 3.05) is 19.8 Å². The van der Waals surface area contributed by atoms with E-state index in [4.69, 9.17) is 16.3 Å². The normalized spacial score (nSPS) is 17.8.